The van der Waals surface area contributed by atoms with Gasteiger partial charge in [0.2, 0.25) is 0 Å². The molecule has 6 heteroatoms. The highest BCUT2D eigenvalue weighted by molar-refractivity contribution is 7.85. The van der Waals surface area contributed by atoms with Crippen molar-refractivity contribution in [3.8, 4) is 0 Å². The van der Waals surface area contributed by atoms with E-state index in [0.717, 1.165) is 10.0 Å². The molecule has 0 bridgehead atoms. The van der Waals surface area contributed by atoms with Crippen LogP contribution < -0.4 is 10.6 Å². The molecule has 1 rings (SSSR count). The molecule has 0 radical (unpaired) electrons. The highest BCUT2D eigenvalue weighted by Gasteiger charge is 2.03. The van der Waals surface area contributed by atoms with Crippen LogP contribution >= 0.6 is 24.0 Å². The Kier molecular flexibility index (Phi) is 3.54. The SMILES string of the molecule is CN(C)c1ncc(/C=C(\S)C(N)=O)s1. The van der Waals surface area contributed by atoms with E-state index < -0.39 is 5.91 Å². The third-order valence-electron chi connectivity index (χ3n) is 1.43. The molecular weight excluding hydrogens is 218 g/mol. The number of amides is 1. The van der Waals surface area contributed by atoms with E-state index in [9.17, 15) is 4.79 Å². The van der Waals surface area contributed by atoms with Crippen LogP contribution in [0.25, 0.3) is 6.08 Å². The number of hydrogen-bond donors (Lipinski definition) is 2. The number of primary amides is 1. The van der Waals surface area contributed by atoms with E-state index >= 15 is 0 Å². The normalized spacial score (nSPS) is 11.5. The molecule has 76 valence electrons. The van der Waals surface area contributed by atoms with Crippen molar-refractivity contribution in [1.29, 1.82) is 0 Å². The fraction of sp³-hybridized carbons (Fsp3) is 0.250. The zero-order valence-electron chi connectivity index (χ0n) is 7.89. The van der Waals surface area contributed by atoms with Gasteiger partial charge in [-0.2, -0.15) is 0 Å². The first kappa shape index (κ1) is 11.1. The number of rotatable bonds is 3. The molecule has 1 amide bonds. The van der Waals surface area contributed by atoms with Crippen LogP contribution in [0.5, 0.6) is 0 Å². The van der Waals surface area contributed by atoms with E-state index in [2.05, 4.69) is 17.6 Å². The number of thiol groups is 1. The highest BCUT2D eigenvalue weighted by Crippen LogP contribution is 2.23. The minimum absolute atomic E-state index is 0.235. The van der Waals surface area contributed by atoms with Crippen LogP contribution in [-0.4, -0.2) is 25.0 Å². The molecule has 0 fully saturated rings. The lowest BCUT2D eigenvalue weighted by atomic mass is 10.4. The van der Waals surface area contributed by atoms with Crippen LogP contribution in [0.15, 0.2) is 11.1 Å². The van der Waals surface area contributed by atoms with E-state index in [0.29, 0.717) is 0 Å². The van der Waals surface area contributed by atoms with Gasteiger partial charge in [-0.1, -0.05) is 11.3 Å². The molecule has 2 N–H and O–H groups in total. The smallest absolute Gasteiger partial charge is 0.254 e. The van der Waals surface area contributed by atoms with Crippen molar-refractivity contribution in [2.24, 2.45) is 5.73 Å². The number of nitrogens with zero attached hydrogens (tertiary/aromatic N) is 2. The predicted molar refractivity (Wildman–Crippen MR) is 62.6 cm³/mol. The molecule has 0 saturated heterocycles. The Labute approximate surface area is 91.8 Å². The van der Waals surface area contributed by atoms with Crippen molar-refractivity contribution in [3.05, 3.63) is 16.0 Å². The quantitative estimate of drug-likeness (QED) is 0.599. The standard InChI is InChI=1S/C8H11N3OS2/c1-11(2)8-10-4-5(14-8)3-6(13)7(9)12/h3-4,13H,1-2H3,(H2,9,12)/b6-3-. The maximum absolute atomic E-state index is 10.7. The Hall–Kier alpha value is -1.01. The molecule has 0 unspecified atom stereocenters. The first-order valence-electron chi connectivity index (χ1n) is 3.84. The summed E-state index contributed by atoms with van der Waals surface area (Å²) in [6.45, 7) is 0. The van der Waals surface area contributed by atoms with Crippen LogP contribution in [0, 0.1) is 0 Å². The molecule has 0 aliphatic rings. The molecule has 14 heavy (non-hydrogen) atoms. The Bertz CT molecular complexity index is 370. The summed E-state index contributed by atoms with van der Waals surface area (Å²) in [5, 5.41) is 0.877. The van der Waals surface area contributed by atoms with Crippen LogP contribution in [0.2, 0.25) is 0 Å². The van der Waals surface area contributed by atoms with Crippen molar-refractivity contribution in [1.82, 2.24) is 4.98 Å². The van der Waals surface area contributed by atoms with Crippen molar-refractivity contribution in [2.75, 3.05) is 19.0 Å². The van der Waals surface area contributed by atoms with Crippen molar-refractivity contribution in [2.45, 2.75) is 0 Å². The Morgan fingerprint density at radius 2 is 2.36 bits per heavy atom. The molecule has 0 spiro atoms. The fourth-order valence-electron chi connectivity index (χ4n) is 0.756. The second kappa shape index (κ2) is 4.47. The number of thiazole rings is 1. The number of nitrogens with two attached hydrogens (primary N) is 1. The lowest BCUT2D eigenvalue weighted by Crippen LogP contribution is -2.09. The minimum Gasteiger partial charge on any atom is -0.365 e. The topological polar surface area (TPSA) is 59.2 Å². The van der Waals surface area contributed by atoms with Gasteiger partial charge in [0, 0.05) is 20.3 Å². The van der Waals surface area contributed by atoms with Crippen LogP contribution in [0.3, 0.4) is 0 Å². The molecule has 0 saturated carbocycles. The van der Waals surface area contributed by atoms with Gasteiger partial charge in [-0.25, -0.2) is 4.98 Å². The summed E-state index contributed by atoms with van der Waals surface area (Å²) < 4.78 is 0. The minimum atomic E-state index is -0.534. The number of aromatic nitrogens is 1. The molecule has 0 aliphatic carbocycles. The van der Waals surface area contributed by atoms with Crippen molar-refractivity contribution < 1.29 is 4.79 Å². The molecule has 4 nitrogen and oxygen atoms in total. The number of hydrogen-bond acceptors (Lipinski definition) is 5. The zero-order valence-corrected chi connectivity index (χ0v) is 9.60. The molecule has 1 aromatic heterocycles. The molecule has 0 atom stereocenters. The molecule has 1 aromatic rings. The summed E-state index contributed by atoms with van der Waals surface area (Å²) in [6.07, 6.45) is 3.29. The van der Waals surface area contributed by atoms with E-state index in [1.807, 2.05) is 19.0 Å². The van der Waals surface area contributed by atoms with Crippen LogP contribution in [-0.2, 0) is 4.79 Å². The summed E-state index contributed by atoms with van der Waals surface area (Å²) in [7, 11) is 3.81. The summed E-state index contributed by atoms with van der Waals surface area (Å²) in [4.78, 5) is 17.8. The first-order chi connectivity index (χ1) is 6.50. The van der Waals surface area contributed by atoms with Gasteiger partial charge < -0.3 is 10.6 Å². The van der Waals surface area contributed by atoms with Gasteiger partial charge in [0.15, 0.2) is 5.13 Å². The lowest BCUT2D eigenvalue weighted by Gasteiger charge is -2.04. The van der Waals surface area contributed by atoms with Gasteiger partial charge >= 0.3 is 0 Å². The second-order valence-electron chi connectivity index (χ2n) is 2.83. The number of carbonyl (C=O) groups is 1. The van der Waals surface area contributed by atoms with Gasteiger partial charge in [-0.3, -0.25) is 4.79 Å². The lowest BCUT2D eigenvalue weighted by molar-refractivity contribution is -0.113. The van der Waals surface area contributed by atoms with E-state index in [1.165, 1.54) is 11.3 Å². The average molecular weight is 229 g/mol. The van der Waals surface area contributed by atoms with Gasteiger partial charge in [-0.15, -0.1) is 12.6 Å². The Morgan fingerprint density at radius 1 is 1.71 bits per heavy atom. The average Bonchev–Trinajstić information content (AvgIpc) is 2.52. The van der Waals surface area contributed by atoms with Gasteiger partial charge in [0.05, 0.1) is 9.78 Å². The summed E-state index contributed by atoms with van der Waals surface area (Å²) in [5.41, 5.74) is 5.04. The second-order valence-corrected chi connectivity index (χ2v) is 4.36. The predicted octanol–water partition coefficient (Wildman–Crippen LogP) is 0.965. The zero-order chi connectivity index (χ0) is 10.7. The van der Waals surface area contributed by atoms with Crippen LogP contribution in [0.4, 0.5) is 5.13 Å². The Morgan fingerprint density at radius 3 is 2.79 bits per heavy atom. The fourth-order valence-corrected chi connectivity index (χ4v) is 1.76. The maximum atomic E-state index is 10.7. The largest absolute Gasteiger partial charge is 0.365 e. The first-order valence-corrected chi connectivity index (χ1v) is 5.10. The molecule has 0 aromatic carbocycles. The molecular formula is C8H11N3OS2. The number of anilines is 1. The molecule has 1 heterocycles. The Balaban J connectivity index is 2.88. The van der Waals surface area contributed by atoms with Crippen molar-refractivity contribution in [3.63, 3.8) is 0 Å². The van der Waals surface area contributed by atoms with Gasteiger partial charge in [0.25, 0.3) is 5.91 Å². The number of carbonyl (C=O) groups excluding carboxylic acids is 1. The monoisotopic (exact) mass is 229 g/mol. The maximum Gasteiger partial charge on any atom is 0.254 e. The van der Waals surface area contributed by atoms with Gasteiger partial charge in [0.1, 0.15) is 0 Å². The van der Waals surface area contributed by atoms with E-state index in [-0.39, 0.29) is 4.91 Å². The van der Waals surface area contributed by atoms with Gasteiger partial charge in [-0.05, 0) is 6.08 Å². The third-order valence-corrected chi connectivity index (χ3v) is 2.89. The highest BCUT2D eigenvalue weighted by atomic mass is 32.1. The summed E-state index contributed by atoms with van der Waals surface area (Å²) >= 11 is 5.42. The summed E-state index contributed by atoms with van der Waals surface area (Å²) in [6, 6.07) is 0. The van der Waals surface area contributed by atoms with E-state index in [1.54, 1.807) is 12.3 Å². The van der Waals surface area contributed by atoms with E-state index in [4.69, 9.17) is 5.73 Å². The van der Waals surface area contributed by atoms with Crippen LogP contribution in [0.1, 0.15) is 4.88 Å². The summed E-state index contributed by atoms with van der Waals surface area (Å²) in [5.74, 6) is -0.534. The third kappa shape index (κ3) is 2.74. The van der Waals surface area contributed by atoms with Crippen molar-refractivity contribution >= 4 is 41.1 Å². The molecule has 0 aliphatic heterocycles.